The first-order valence-corrected chi connectivity index (χ1v) is 9.01. The lowest BCUT2D eigenvalue weighted by Crippen LogP contribution is -2.43. The van der Waals surface area contributed by atoms with Crippen molar-refractivity contribution < 1.29 is 19.4 Å². The highest BCUT2D eigenvalue weighted by Crippen LogP contribution is 2.48. The van der Waals surface area contributed by atoms with Gasteiger partial charge in [0.25, 0.3) is 0 Å². The number of carbonyl (C=O) groups excluding carboxylic acids is 1. The number of carboxylic acids is 1. The van der Waals surface area contributed by atoms with Crippen LogP contribution in [0.4, 0.5) is 4.79 Å². The fourth-order valence-electron chi connectivity index (χ4n) is 4.61. The van der Waals surface area contributed by atoms with Crippen LogP contribution in [-0.2, 0) is 9.53 Å². The van der Waals surface area contributed by atoms with Gasteiger partial charge in [0.05, 0.1) is 0 Å². The predicted octanol–water partition coefficient (Wildman–Crippen LogP) is 3.48. The predicted molar refractivity (Wildman–Crippen MR) is 94.8 cm³/mol. The highest BCUT2D eigenvalue weighted by atomic mass is 16.6. The van der Waals surface area contributed by atoms with E-state index in [1.54, 1.807) is 0 Å². The van der Waals surface area contributed by atoms with Crippen molar-refractivity contribution in [2.45, 2.75) is 30.8 Å². The van der Waals surface area contributed by atoms with E-state index >= 15 is 0 Å². The molecule has 1 N–H and O–H groups in total. The fraction of sp³-hybridized carbons (Fsp3) is 0.333. The molecule has 26 heavy (non-hydrogen) atoms. The average molecular weight is 349 g/mol. The molecule has 5 nitrogen and oxygen atoms in total. The van der Waals surface area contributed by atoms with E-state index in [0.29, 0.717) is 12.3 Å². The van der Waals surface area contributed by atoms with Gasteiger partial charge in [0.1, 0.15) is 12.6 Å². The number of rotatable bonds is 3. The minimum absolute atomic E-state index is 0.00719. The number of carboxylic acid groups (broad SMARTS) is 1. The number of piperidine rings is 1. The summed E-state index contributed by atoms with van der Waals surface area (Å²) in [5.41, 5.74) is 4.66. The van der Waals surface area contributed by atoms with Crippen LogP contribution in [0.25, 0.3) is 11.1 Å². The van der Waals surface area contributed by atoms with Gasteiger partial charge in [0.15, 0.2) is 0 Å². The summed E-state index contributed by atoms with van der Waals surface area (Å²) >= 11 is 0. The summed E-state index contributed by atoms with van der Waals surface area (Å²) in [6.07, 6.45) is 0.947. The molecule has 0 bridgehead atoms. The molecule has 2 aliphatic carbocycles. The van der Waals surface area contributed by atoms with E-state index in [2.05, 4.69) is 24.3 Å². The molecule has 3 aliphatic rings. The van der Waals surface area contributed by atoms with Crippen molar-refractivity contribution >= 4 is 12.1 Å². The van der Waals surface area contributed by atoms with E-state index in [1.807, 2.05) is 24.3 Å². The number of likely N-dealkylation sites (tertiary alicyclic amines) is 1. The Kier molecular flexibility index (Phi) is 3.32. The lowest BCUT2D eigenvalue weighted by atomic mass is 9.98. The lowest BCUT2D eigenvalue weighted by Gasteiger charge is -2.24. The van der Waals surface area contributed by atoms with Crippen LogP contribution >= 0.6 is 0 Å². The molecule has 3 atom stereocenters. The Morgan fingerprint density at radius 3 is 2.23 bits per heavy atom. The Bertz CT molecular complexity index is 863. The van der Waals surface area contributed by atoms with Crippen LogP contribution in [0.1, 0.15) is 29.9 Å². The van der Waals surface area contributed by atoms with E-state index < -0.39 is 18.1 Å². The number of amides is 1. The molecule has 5 heteroatoms. The number of hydrogen-bond donors (Lipinski definition) is 1. The summed E-state index contributed by atoms with van der Waals surface area (Å²) in [6, 6.07) is 15.6. The molecule has 2 fully saturated rings. The highest BCUT2D eigenvalue weighted by Gasteiger charge is 2.57. The van der Waals surface area contributed by atoms with E-state index in [1.165, 1.54) is 16.0 Å². The molecule has 1 amide bonds. The van der Waals surface area contributed by atoms with Crippen LogP contribution < -0.4 is 0 Å². The molecule has 0 aromatic heterocycles. The molecule has 132 valence electrons. The highest BCUT2D eigenvalue weighted by molar-refractivity contribution is 5.82. The number of aliphatic carboxylic acids is 1. The van der Waals surface area contributed by atoms with Gasteiger partial charge in [-0.15, -0.1) is 0 Å². The van der Waals surface area contributed by atoms with Gasteiger partial charge in [-0.05, 0) is 41.0 Å². The van der Waals surface area contributed by atoms with Crippen LogP contribution in [0, 0.1) is 5.92 Å². The number of nitrogens with zero attached hydrogens (tertiary/aromatic N) is 1. The van der Waals surface area contributed by atoms with E-state index in [4.69, 9.17) is 4.74 Å². The van der Waals surface area contributed by atoms with Crippen LogP contribution in [0.5, 0.6) is 0 Å². The molecular formula is C21H19NO4. The van der Waals surface area contributed by atoms with Gasteiger partial charge in [-0.2, -0.15) is 0 Å². The Hall–Kier alpha value is -2.82. The van der Waals surface area contributed by atoms with Crippen LogP contribution in [0.3, 0.4) is 0 Å². The third kappa shape index (κ3) is 2.23. The molecule has 1 saturated carbocycles. The maximum Gasteiger partial charge on any atom is 0.410 e. The van der Waals surface area contributed by atoms with Gasteiger partial charge in [-0.3, -0.25) is 4.90 Å². The normalized spacial score (nSPS) is 25.4. The van der Waals surface area contributed by atoms with Crippen molar-refractivity contribution in [3.63, 3.8) is 0 Å². The van der Waals surface area contributed by atoms with Crippen molar-refractivity contribution in [1.29, 1.82) is 0 Å². The Labute approximate surface area is 151 Å². The van der Waals surface area contributed by atoms with Crippen molar-refractivity contribution in [2.75, 3.05) is 6.61 Å². The maximum absolute atomic E-state index is 12.6. The zero-order valence-corrected chi connectivity index (χ0v) is 14.2. The number of benzene rings is 2. The minimum Gasteiger partial charge on any atom is -0.480 e. The molecule has 0 radical (unpaired) electrons. The summed E-state index contributed by atoms with van der Waals surface area (Å²) in [4.78, 5) is 25.5. The van der Waals surface area contributed by atoms with Crippen LogP contribution in [0.15, 0.2) is 48.5 Å². The fourth-order valence-corrected chi connectivity index (χ4v) is 4.61. The van der Waals surface area contributed by atoms with Crippen LogP contribution in [0.2, 0.25) is 0 Å². The average Bonchev–Trinajstić information content (AvgIpc) is 3.20. The smallest absolute Gasteiger partial charge is 0.410 e. The van der Waals surface area contributed by atoms with Crippen LogP contribution in [-0.4, -0.2) is 40.8 Å². The topological polar surface area (TPSA) is 66.8 Å². The first-order chi connectivity index (χ1) is 12.6. The number of ether oxygens (including phenoxy) is 1. The van der Waals surface area contributed by atoms with E-state index in [-0.39, 0.29) is 18.6 Å². The third-order valence-electron chi connectivity index (χ3n) is 5.94. The summed E-state index contributed by atoms with van der Waals surface area (Å²) < 4.78 is 5.62. The molecule has 0 spiro atoms. The first kappa shape index (κ1) is 15.4. The number of carbonyl (C=O) groups is 2. The molecule has 5 rings (SSSR count). The quantitative estimate of drug-likeness (QED) is 0.921. The van der Waals surface area contributed by atoms with Gasteiger partial charge >= 0.3 is 12.1 Å². The molecule has 1 saturated heterocycles. The lowest BCUT2D eigenvalue weighted by molar-refractivity contribution is -0.142. The summed E-state index contributed by atoms with van der Waals surface area (Å²) in [5, 5.41) is 9.36. The summed E-state index contributed by atoms with van der Waals surface area (Å²) in [7, 11) is 0. The Morgan fingerprint density at radius 2 is 1.62 bits per heavy atom. The van der Waals surface area contributed by atoms with Gasteiger partial charge in [0, 0.05) is 12.0 Å². The molecular weight excluding hydrogens is 330 g/mol. The zero-order chi connectivity index (χ0) is 17.8. The molecule has 1 aliphatic heterocycles. The Morgan fingerprint density at radius 1 is 1.00 bits per heavy atom. The second-order valence-electron chi connectivity index (χ2n) is 7.36. The maximum atomic E-state index is 12.6. The number of fused-ring (bicyclic) bond motifs is 4. The van der Waals surface area contributed by atoms with Crippen molar-refractivity contribution in [3.05, 3.63) is 59.7 Å². The minimum atomic E-state index is -0.939. The largest absolute Gasteiger partial charge is 0.480 e. The summed E-state index contributed by atoms with van der Waals surface area (Å²) in [6.45, 7) is 0.229. The third-order valence-corrected chi connectivity index (χ3v) is 5.94. The standard InChI is InChI=1S/C21H19NO4/c23-20(24)19-10-12-9-18(12)22(19)21(25)26-11-17-15-7-3-1-5-13(15)14-6-2-4-8-16(14)17/h1-8,12,17-19H,9-11H2,(H,23,24)/t12-,18-,19-/m1/s1. The summed E-state index contributed by atoms with van der Waals surface area (Å²) in [5.74, 6) is -0.616. The van der Waals surface area contributed by atoms with Crippen molar-refractivity contribution in [1.82, 2.24) is 4.90 Å². The van der Waals surface area contributed by atoms with Crippen molar-refractivity contribution in [3.8, 4) is 11.1 Å². The number of hydrogen-bond acceptors (Lipinski definition) is 3. The second-order valence-corrected chi connectivity index (χ2v) is 7.36. The van der Waals surface area contributed by atoms with Crippen molar-refractivity contribution in [2.24, 2.45) is 5.92 Å². The Balaban J connectivity index is 1.37. The van der Waals surface area contributed by atoms with Gasteiger partial charge < -0.3 is 9.84 Å². The molecule has 2 aromatic rings. The molecule has 1 heterocycles. The monoisotopic (exact) mass is 349 g/mol. The first-order valence-electron chi connectivity index (χ1n) is 9.01. The van der Waals surface area contributed by atoms with Gasteiger partial charge in [-0.25, -0.2) is 9.59 Å². The second kappa shape index (κ2) is 5.59. The van der Waals surface area contributed by atoms with Gasteiger partial charge in [-0.1, -0.05) is 48.5 Å². The molecule has 2 aromatic carbocycles. The van der Waals surface area contributed by atoms with Gasteiger partial charge in [0.2, 0.25) is 0 Å². The zero-order valence-electron chi connectivity index (χ0n) is 14.2. The van der Waals surface area contributed by atoms with E-state index in [9.17, 15) is 14.7 Å². The molecule has 0 unspecified atom stereocenters. The van der Waals surface area contributed by atoms with E-state index in [0.717, 1.165) is 17.5 Å². The SMILES string of the molecule is O=C(O)[C@H]1C[C@H]2C[C@H]2N1C(=O)OCC1c2ccccc2-c2ccccc21.